The van der Waals surface area contributed by atoms with E-state index in [9.17, 15) is 4.79 Å². The lowest BCUT2D eigenvalue weighted by molar-refractivity contribution is -0.114. The van der Waals surface area contributed by atoms with Crippen LogP contribution < -0.4 is 5.32 Å². The molecule has 4 heteroatoms. The van der Waals surface area contributed by atoms with E-state index in [1.54, 1.807) is 4.90 Å². The zero-order valence-corrected chi connectivity index (χ0v) is 9.16. The maximum Gasteiger partial charge on any atom is 0.221 e. The lowest BCUT2D eigenvalue weighted by Crippen LogP contribution is -2.27. The van der Waals surface area contributed by atoms with Gasteiger partial charge in [-0.25, -0.2) is 0 Å². The van der Waals surface area contributed by atoms with Gasteiger partial charge in [0.25, 0.3) is 0 Å². The summed E-state index contributed by atoms with van der Waals surface area (Å²) in [6.45, 7) is 2.86. The van der Waals surface area contributed by atoms with Gasteiger partial charge in [0.15, 0.2) is 6.19 Å². The van der Waals surface area contributed by atoms with Crippen molar-refractivity contribution in [2.24, 2.45) is 0 Å². The van der Waals surface area contributed by atoms with Gasteiger partial charge in [-0.1, -0.05) is 12.1 Å². The third-order valence-corrected chi connectivity index (χ3v) is 2.72. The molecule has 16 heavy (non-hydrogen) atoms. The molecule has 1 aliphatic heterocycles. The highest BCUT2D eigenvalue weighted by molar-refractivity contribution is 5.89. The molecule has 0 aromatic heterocycles. The highest BCUT2D eigenvalue weighted by Gasteiger charge is 2.17. The summed E-state index contributed by atoms with van der Waals surface area (Å²) in [5.41, 5.74) is 3.16. The molecule has 1 amide bonds. The molecule has 2 rings (SSSR count). The average molecular weight is 215 g/mol. The number of benzene rings is 1. The number of hydrogen-bond acceptors (Lipinski definition) is 3. The molecule has 1 aliphatic rings. The number of rotatable bonds is 1. The normalized spacial score (nSPS) is 13.9. The molecule has 0 saturated carbocycles. The Bertz CT molecular complexity index is 462. The predicted octanol–water partition coefficient (Wildman–Crippen LogP) is 1.48. The Morgan fingerprint density at radius 2 is 2.38 bits per heavy atom. The van der Waals surface area contributed by atoms with Gasteiger partial charge >= 0.3 is 0 Å². The van der Waals surface area contributed by atoms with Crippen molar-refractivity contribution in [3.8, 4) is 6.19 Å². The fourth-order valence-electron chi connectivity index (χ4n) is 2.00. The predicted molar refractivity (Wildman–Crippen MR) is 60.5 cm³/mol. The Kier molecular flexibility index (Phi) is 2.78. The first-order chi connectivity index (χ1) is 7.70. The molecule has 1 heterocycles. The van der Waals surface area contributed by atoms with Gasteiger partial charge in [-0.15, -0.1) is 0 Å². The van der Waals surface area contributed by atoms with E-state index in [0.717, 1.165) is 29.8 Å². The first-order valence-electron chi connectivity index (χ1n) is 5.23. The number of nitrogens with zero attached hydrogens (tertiary/aromatic N) is 2. The van der Waals surface area contributed by atoms with Gasteiger partial charge in [-0.3, -0.25) is 4.79 Å². The number of hydrogen-bond donors (Lipinski definition) is 1. The Morgan fingerprint density at radius 1 is 1.56 bits per heavy atom. The van der Waals surface area contributed by atoms with Crippen molar-refractivity contribution in [2.45, 2.75) is 19.9 Å². The van der Waals surface area contributed by atoms with Crippen molar-refractivity contribution >= 4 is 11.6 Å². The molecule has 82 valence electrons. The monoisotopic (exact) mass is 215 g/mol. The zero-order valence-electron chi connectivity index (χ0n) is 9.16. The first kappa shape index (κ1) is 10.5. The molecule has 0 fully saturated rings. The Balaban J connectivity index is 2.32. The molecule has 0 saturated heterocycles. The van der Waals surface area contributed by atoms with Crippen LogP contribution in [0.1, 0.15) is 18.1 Å². The van der Waals surface area contributed by atoms with Gasteiger partial charge in [0.1, 0.15) is 0 Å². The van der Waals surface area contributed by atoms with Crippen LogP contribution in [0.3, 0.4) is 0 Å². The molecule has 0 unspecified atom stereocenters. The molecular weight excluding hydrogens is 202 g/mol. The smallest absolute Gasteiger partial charge is 0.221 e. The standard InChI is InChI=1S/C12H13N3O/c1-9(16)14-12-4-2-3-10-7-15(8-13)6-5-11(10)12/h2-4H,5-7H2,1H3,(H,14,16). The fourth-order valence-corrected chi connectivity index (χ4v) is 2.00. The summed E-state index contributed by atoms with van der Waals surface area (Å²) in [6.07, 6.45) is 2.96. The summed E-state index contributed by atoms with van der Waals surface area (Å²) in [5, 5.41) is 11.7. The number of amides is 1. The van der Waals surface area contributed by atoms with E-state index in [0.29, 0.717) is 6.54 Å². The maximum atomic E-state index is 11.0. The Labute approximate surface area is 94.5 Å². The minimum atomic E-state index is -0.0592. The van der Waals surface area contributed by atoms with Crippen LogP contribution >= 0.6 is 0 Å². The number of nitriles is 1. The van der Waals surface area contributed by atoms with Crippen molar-refractivity contribution in [3.05, 3.63) is 29.3 Å². The number of nitrogens with one attached hydrogen (secondary N) is 1. The van der Waals surface area contributed by atoms with Crippen LogP contribution in [-0.4, -0.2) is 17.4 Å². The van der Waals surface area contributed by atoms with E-state index < -0.39 is 0 Å². The minimum Gasteiger partial charge on any atom is -0.326 e. The third kappa shape index (κ3) is 1.98. The lowest BCUT2D eigenvalue weighted by atomic mass is 9.98. The first-order valence-corrected chi connectivity index (χ1v) is 5.23. The summed E-state index contributed by atoms with van der Waals surface area (Å²) >= 11 is 0. The quantitative estimate of drug-likeness (QED) is 0.722. The highest BCUT2D eigenvalue weighted by Crippen LogP contribution is 2.25. The fraction of sp³-hybridized carbons (Fsp3) is 0.333. The van der Waals surface area contributed by atoms with Crippen LogP contribution in [0, 0.1) is 11.5 Å². The van der Waals surface area contributed by atoms with Crippen molar-refractivity contribution < 1.29 is 4.79 Å². The molecule has 0 bridgehead atoms. The molecule has 1 N–H and O–H groups in total. The zero-order chi connectivity index (χ0) is 11.5. The third-order valence-electron chi connectivity index (χ3n) is 2.72. The minimum absolute atomic E-state index is 0.0592. The molecular formula is C12H13N3O. The van der Waals surface area contributed by atoms with Crippen LogP contribution in [0.2, 0.25) is 0 Å². The molecule has 1 aromatic carbocycles. The largest absolute Gasteiger partial charge is 0.326 e. The van der Waals surface area contributed by atoms with Crippen LogP contribution in [0.4, 0.5) is 5.69 Å². The second-order valence-electron chi connectivity index (χ2n) is 3.90. The van der Waals surface area contributed by atoms with E-state index in [-0.39, 0.29) is 5.91 Å². The number of fused-ring (bicyclic) bond motifs is 1. The lowest BCUT2D eigenvalue weighted by Gasteiger charge is -2.25. The number of carbonyl (C=O) groups excluding carboxylic acids is 1. The van der Waals surface area contributed by atoms with E-state index in [1.807, 2.05) is 18.2 Å². The van der Waals surface area contributed by atoms with E-state index >= 15 is 0 Å². The topological polar surface area (TPSA) is 56.1 Å². The van der Waals surface area contributed by atoms with Crippen molar-refractivity contribution in [1.29, 1.82) is 5.26 Å². The Hall–Kier alpha value is -2.02. The molecule has 0 aliphatic carbocycles. The molecule has 0 spiro atoms. The molecule has 1 aromatic rings. The van der Waals surface area contributed by atoms with E-state index in [2.05, 4.69) is 11.5 Å². The van der Waals surface area contributed by atoms with Crippen LogP contribution in [0.5, 0.6) is 0 Å². The van der Waals surface area contributed by atoms with Crippen LogP contribution in [0.25, 0.3) is 0 Å². The molecule has 0 radical (unpaired) electrons. The highest BCUT2D eigenvalue weighted by atomic mass is 16.1. The van der Waals surface area contributed by atoms with Gasteiger partial charge in [0.2, 0.25) is 5.91 Å². The summed E-state index contributed by atoms with van der Waals surface area (Å²) in [6, 6.07) is 5.82. The summed E-state index contributed by atoms with van der Waals surface area (Å²) < 4.78 is 0. The summed E-state index contributed by atoms with van der Waals surface area (Å²) in [5.74, 6) is -0.0592. The van der Waals surface area contributed by atoms with Crippen molar-refractivity contribution in [3.63, 3.8) is 0 Å². The summed E-state index contributed by atoms with van der Waals surface area (Å²) in [4.78, 5) is 12.8. The van der Waals surface area contributed by atoms with Gasteiger partial charge < -0.3 is 10.2 Å². The number of carbonyl (C=O) groups is 1. The summed E-state index contributed by atoms with van der Waals surface area (Å²) in [7, 11) is 0. The second kappa shape index (κ2) is 4.23. The molecule has 4 nitrogen and oxygen atoms in total. The van der Waals surface area contributed by atoms with Crippen LogP contribution in [-0.2, 0) is 17.8 Å². The number of anilines is 1. The Morgan fingerprint density at radius 3 is 3.06 bits per heavy atom. The van der Waals surface area contributed by atoms with Gasteiger partial charge in [-0.05, 0) is 23.6 Å². The average Bonchev–Trinajstić information content (AvgIpc) is 2.28. The van der Waals surface area contributed by atoms with Crippen molar-refractivity contribution in [1.82, 2.24) is 4.90 Å². The maximum absolute atomic E-state index is 11.0. The van der Waals surface area contributed by atoms with E-state index in [4.69, 9.17) is 5.26 Å². The van der Waals surface area contributed by atoms with E-state index in [1.165, 1.54) is 6.92 Å². The van der Waals surface area contributed by atoms with Gasteiger partial charge in [0, 0.05) is 19.2 Å². The van der Waals surface area contributed by atoms with Crippen molar-refractivity contribution in [2.75, 3.05) is 11.9 Å². The van der Waals surface area contributed by atoms with Gasteiger partial charge in [-0.2, -0.15) is 5.26 Å². The molecule has 0 atom stereocenters. The van der Waals surface area contributed by atoms with Crippen LogP contribution in [0.15, 0.2) is 18.2 Å². The van der Waals surface area contributed by atoms with Gasteiger partial charge in [0.05, 0.1) is 6.54 Å². The SMILES string of the molecule is CC(=O)Nc1cccc2c1CCN(C#N)C2. The second-order valence-corrected chi connectivity index (χ2v) is 3.90.